The number of pyridine rings is 2. The Hall–Kier alpha value is -4.55. The normalized spacial score (nSPS) is 11.2. The minimum absolute atomic E-state index is 0.0388. The fourth-order valence-electron chi connectivity index (χ4n) is 4.85. The molecule has 0 saturated heterocycles. The van der Waals surface area contributed by atoms with Gasteiger partial charge in [-0.25, -0.2) is 4.39 Å². The second-order valence-electron chi connectivity index (χ2n) is 10.9. The highest BCUT2D eigenvalue weighted by Gasteiger charge is 2.15. The number of hydrogen-bond donors (Lipinski definition) is 2. The molecule has 0 unspecified atom stereocenters. The van der Waals surface area contributed by atoms with Crippen LogP contribution in [0.1, 0.15) is 40.4 Å². The second kappa shape index (κ2) is 16.8. The number of nitrogens with two attached hydrogens (primary N) is 1. The Morgan fingerprint density at radius 3 is 2.40 bits per heavy atom. The molecule has 5 aromatic rings. The smallest absolute Gasteiger partial charge is 0.248 e. The zero-order chi connectivity index (χ0) is 33.0. The minimum atomic E-state index is -0.578. The molecule has 0 aliphatic rings. The lowest BCUT2D eigenvalue weighted by molar-refractivity contribution is -0.117. The van der Waals surface area contributed by atoms with Gasteiger partial charge in [-0.1, -0.05) is 31.2 Å². The molecule has 11 heteroatoms. The molecule has 3 N–H and O–H groups in total. The zero-order valence-electron chi connectivity index (χ0n) is 26.2. The summed E-state index contributed by atoms with van der Waals surface area (Å²) in [5, 5.41) is 3.36. The molecular formula is C36H37FN4O5S. The molecule has 0 spiro atoms. The average molecular weight is 657 g/mol. The van der Waals surface area contributed by atoms with Crippen LogP contribution in [-0.2, 0) is 33.7 Å². The lowest BCUT2D eigenvalue weighted by Crippen LogP contribution is -2.20. The van der Waals surface area contributed by atoms with Gasteiger partial charge in [0.2, 0.25) is 5.91 Å². The van der Waals surface area contributed by atoms with Crippen LogP contribution in [0, 0.1) is 5.82 Å². The number of hydrogen-bond acceptors (Lipinski definition) is 9. The van der Waals surface area contributed by atoms with Gasteiger partial charge >= 0.3 is 0 Å². The van der Waals surface area contributed by atoms with Gasteiger partial charge in [-0.2, -0.15) is 0 Å². The molecule has 9 nitrogen and oxygen atoms in total. The van der Waals surface area contributed by atoms with Crippen LogP contribution in [0.3, 0.4) is 0 Å². The van der Waals surface area contributed by atoms with Gasteiger partial charge in [0, 0.05) is 56.6 Å². The Labute approximate surface area is 276 Å². The van der Waals surface area contributed by atoms with Gasteiger partial charge in [0.15, 0.2) is 11.6 Å². The zero-order valence-corrected chi connectivity index (χ0v) is 27.0. The molecule has 0 atom stereocenters. The number of Topliss-reactive ketones (excluding diaryl/α,β-unsaturated/α-hetero) is 1. The van der Waals surface area contributed by atoms with E-state index < -0.39 is 11.7 Å². The lowest BCUT2D eigenvalue weighted by Gasteiger charge is -2.09. The number of thiophene rings is 1. The van der Waals surface area contributed by atoms with E-state index in [4.69, 9.17) is 19.9 Å². The SMILES string of the molecule is CCCOCCOCCNCc1ccc(-c2cc3nccc(Oc4ccc(CC(=O)Cc5cccc(C(N)=O)c5)cc4F)c3s2)nc1. The summed E-state index contributed by atoms with van der Waals surface area (Å²) >= 11 is 1.47. The predicted molar refractivity (Wildman–Crippen MR) is 180 cm³/mol. The van der Waals surface area contributed by atoms with Crippen molar-refractivity contribution in [2.75, 3.05) is 33.0 Å². The highest BCUT2D eigenvalue weighted by Crippen LogP contribution is 2.39. The van der Waals surface area contributed by atoms with Crippen LogP contribution < -0.4 is 15.8 Å². The topological polar surface area (TPSA) is 126 Å². The molecule has 2 aromatic carbocycles. The first-order valence-electron chi connectivity index (χ1n) is 15.5. The quantitative estimate of drug-likeness (QED) is 0.106. The van der Waals surface area contributed by atoms with E-state index in [2.05, 4.69) is 22.2 Å². The van der Waals surface area contributed by atoms with E-state index in [0.717, 1.165) is 45.9 Å². The third kappa shape index (κ3) is 9.72. The van der Waals surface area contributed by atoms with Crippen molar-refractivity contribution in [1.29, 1.82) is 0 Å². The van der Waals surface area contributed by atoms with Gasteiger partial charge < -0.3 is 25.3 Å². The van der Waals surface area contributed by atoms with E-state index in [-0.39, 0.29) is 24.4 Å². The van der Waals surface area contributed by atoms with Crippen molar-refractivity contribution in [1.82, 2.24) is 15.3 Å². The number of primary amides is 1. The van der Waals surface area contributed by atoms with Gasteiger partial charge in [0.1, 0.15) is 11.5 Å². The number of carbonyl (C=O) groups is 2. The summed E-state index contributed by atoms with van der Waals surface area (Å²) in [5.41, 5.74) is 9.45. The van der Waals surface area contributed by atoms with Crippen LogP contribution >= 0.6 is 11.3 Å². The number of ketones is 1. The van der Waals surface area contributed by atoms with Gasteiger partial charge in [-0.3, -0.25) is 19.6 Å². The fraction of sp³-hybridized carbons (Fsp3) is 0.278. The average Bonchev–Trinajstić information content (AvgIpc) is 3.51. The number of carbonyl (C=O) groups excluding carboxylic acids is 2. The summed E-state index contributed by atoms with van der Waals surface area (Å²) in [7, 11) is 0. The van der Waals surface area contributed by atoms with E-state index in [1.807, 2.05) is 24.4 Å². The number of aromatic nitrogens is 2. The molecule has 0 aliphatic carbocycles. The Balaban J connectivity index is 1.16. The van der Waals surface area contributed by atoms with Gasteiger partial charge in [-0.15, -0.1) is 11.3 Å². The van der Waals surface area contributed by atoms with E-state index in [0.29, 0.717) is 48.8 Å². The molecule has 0 radical (unpaired) electrons. The number of fused-ring (bicyclic) bond motifs is 1. The third-order valence-electron chi connectivity index (χ3n) is 7.16. The number of nitrogens with zero attached hydrogens (tertiary/aromatic N) is 2. The van der Waals surface area contributed by atoms with Crippen molar-refractivity contribution >= 4 is 33.2 Å². The maximum Gasteiger partial charge on any atom is 0.248 e. The molecule has 1 amide bonds. The van der Waals surface area contributed by atoms with Crippen molar-refractivity contribution in [3.05, 3.63) is 107 Å². The maximum atomic E-state index is 15.1. The monoisotopic (exact) mass is 656 g/mol. The molecule has 5 rings (SSSR count). The highest BCUT2D eigenvalue weighted by atomic mass is 32.1. The van der Waals surface area contributed by atoms with Crippen LogP contribution in [-0.4, -0.2) is 54.6 Å². The third-order valence-corrected chi connectivity index (χ3v) is 8.32. The van der Waals surface area contributed by atoms with Crippen molar-refractivity contribution < 1.29 is 28.2 Å². The van der Waals surface area contributed by atoms with Gasteiger partial charge in [-0.05, 0) is 59.5 Å². The molecule has 244 valence electrons. The van der Waals surface area contributed by atoms with E-state index in [9.17, 15) is 9.59 Å². The molecular weight excluding hydrogens is 619 g/mol. The summed E-state index contributed by atoms with van der Waals surface area (Å²) < 4.78 is 32.9. The van der Waals surface area contributed by atoms with Gasteiger partial charge in [0.05, 0.1) is 40.6 Å². The van der Waals surface area contributed by atoms with Crippen LogP contribution in [0.2, 0.25) is 0 Å². The number of benzene rings is 2. The minimum Gasteiger partial charge on any atom is -0.453 e. The first-order valence-corrected chi connectivity index (χ1v) is 16.3. The van der Waals surface area contributed by atoms with Crippen LogP contribution in [0.25, 0.3) is 20.8 Å². The number of ether oxygens (including phenoxy) is 3. The molecule has 0 aliphatic heterocycles. The number of amides is 1. The van der Waals surface area contributed by atoms with Crippen LogP contribution in [0.5, 0.6) is 11.5 Å². The van der Waals surface area contributed by atoms with Crippen molar-refractivity contribution in [3.63, 3.8) is 0 Å². The van der Waals surface area contributed by atoms with Crippen LogP contribution in [0.15, 0.2) is 79.1 Å². The summed E-state index contributed by atoms with van der Waals surface area (Å²) in [5.74, 6) is -0.732. The lowest BCUT2D eigenvalue weighted by atomic mass is 10.0. The van der Waals surface area contributed by atoms with Gasteiger partial charge in [0.25, 0.3) is 0 Å². The molecule has 3 aromatic heterocycles. The Morgan fingerprint density at radius 1 is 0.872 bits per heavy atom. The van der Waals surface area contributed by atoms with Crippen LogP contribution in [0.4, 0.5) is 4.39 Å². The molecule has 0 saturated carbocycles. The summed E-state index contributed by atoms with van der Waals surface area (Å²) in [6.45, 7) is 6.08. The standard InChI is InChI=1S/C36H37FN4O5S/c1-2-13-44-15-16-45-14-12-39-22-26-6-8-30(41-23-26)34-21-31-35(47-34)33(10-11-40-31)46-32-9-7-25(20-29(32)37)19-28(42)18-24-4-3-5-27(17-24)36(38)43/h3-11,17,20-21,23,39H,2,12-16,18-19,22H2,1H3,(H2,38,43). The summed E-state index contributed by atoms with van der Waals surface area (Å²) in [6, 6.07) is 18.8. The molecule has 0 bridgehead atoms. The maximum absolute atomic E-state index is 15.1. The van der Waals surface area contributed by atoms with E-state index >= 15 is 4.39 Å². The van der Waals surface area contributed by atoms with Crippen molar-refractivity contribution in [2.45, 2.75) is 32.7 Å². The Kier molecular flexibility index (Phi) is 12.1. The number of halogens is 1. The molecule has 47 heavy (non-hydrogen) atoms. The van der Waals surface area contributed by atoms with E-state index in [1.165, 1.54) is 23.5 Å². The summed E-state index contributed by atoms with van der Waals surface area (Å²) in [4.78, 5) is 34.1. The first-order chi connectivity index (χ1) is 22.9. The predicted octanol–water partition coefficient (Wildman–Crippen LogP) is 6.28. The van der Waals surface area contributed by atoms with E-state index in [1.54, 1.807) is 42.6 Å². The largest absolute Gasteiger partial charge is 0.453 e. The Bertz CT molecular complexity index is 1810. The fourth-order valence-corrected chi connectivity index (χ4v) is 5.89. The number of nitrogens with one attached hydrogen (secondary N) is 1. The van der Waals surface area contributed by atoms with Crippen molar-refractivity contribution in [2.24, 2.45) is 5.73 Å². The van der Waals surface area contributed by atoms with Crippen molar-refractivity contribution in [3.8, 4) is 22.1 Å². The second-order valence-corrected chi connectivity index (χ2v) is 12.0. The Morgan fingerprint density at radius 2 is 1.66 bits per heavy atom. The first kappa shape index (κ1) is 33.8. The number of rotatable bonds is 18. The molecule has 3 heterocycles. The summed E-state index contributed by atoms with van der Waals surface area (Å²) in [6.07, 6.45) is 4.62. The molecule has 0 fully saturated rings. The highest BCUT2D eigenvalue weighted by molar-refractivity contribution is 7.22.